The van der Waals surface area contributed by atoms with Crippen LogP contribution in [0.3, 0.4) is 0 Å². The van der Waals surface area contributed by atoms with Crippen molar-refractivity contribution in [1.29, 1.82) is 0 Å². The molecule has 1 amide bonds. The number of aryl methyl sites for hydroxylation is 2. The Labute approximate surface area is 203 Å². The molecule has 0 radical (unpaired) electrons. The van der Waals surface area contributed by atoms with E-state index in [-0.39, 0.29) is 11.8 Å². The van der Waals surface area contributed by atoms with E-state index in [9.17, 15) is 4.79 Å². The number of nitrogens with one attached hydrogen (secondary N) is 1. The lowest BCUT2D eigenvalue weighted by atomic mass is 9.96. The highest BCUT2D eigenvalue weighted by atomic mass is 35.5. The summed E-state index contributed by atoms with van der Waals surface area (Å²) in [5.74, 6) is 1.83. The van der Waals surface area contributed by atoms with Crippen LogP contribution in [-0.4, -0.2) is 43.7 Å². The monoisotopic (exact) mass is 485 g/mol. The minimum absolute atomic E-state index is 0.0132. The summed E-state index contributed by atoms with van der Waals surface area (Å²) in [5, 5.41) is 13.0. The molecule has 1 N–H and O–H groups in total. The zero-order valence-electron chi connectivity index (χ0n) is 19.1. The van der Waals surface area contributed by atoms with Crippen LogP contribution in [0.2, 0.25) is 5.02 Å². The Morgan fingerprint density at radius 1 is 1.15 bits per heavy atom. The van der Waals surface area contributed by atoms with Crippen molar-refractivity contribution in [2.75, 3.05) is 23.3 Å². The van der Waals surface area contributed by atoms with Gasteiger partial charge in [0.15, 0.2) is 5.16 Å². The van der Waals surface area contributed by atoms with Gasteiger partial charge in [0.1, 0.15) is 0 Å². The van der Waals surface area contributed by atoms with E-state index in [1.807, 2.05) is 55.7 Å². The molecule has 2 aromatic heterocycles. The first-order valence-corrected chi connectivity index (χ1v) is 12.5. The van der Waals surface area contributed by atoms with Crippen molar-refractivity contribution >= 4 is 41.2 Å². The first kappa shape index (κ1) is 23.5. The SMILES string of the molecule is CCn1c(NC(=O)C2CCN(c3nc(C)cc(C)n3)CC2)nnc1SCc1ccccc1Cl. The Morgan fingerprint density at radius 2 is 1.85 bits per heavy atom. The summed E-state index contributed by atoms with van der Waals surface area (Å²) >= 11 is 7.82. The molecule has 10 heteroatoms. The first-order chi connectivity index (χ1) is 15.9. The van der Waals surface area contributed by atoms with Crippen molar-refractivity contribution in [3.8, 4) is 0 Å². The Morgan fingerprint density at radius 3 is 2.52 bits per heavy atom. The summed E-state index contributed by atoms with van der Waals surface area (Å²) in [6, 6.07) is 9.73. The van der Waals surface area contributed by atoms with Gasteiger partial charge in [-0.2, -0.15) is 0 Å². The van der Waals surface area contributed by atoms with Crippen molar-refractivity contribution in [3.63, 3.8) is 0 Å². The van der Waals surface area contributed by atoms with E-state index in [0.29, 0.717) is 18.2 Å². The van der Waals surface area contributed by atoms with Gasteiger partial charge in [0.25, 0.3) is 0 Å². The first-order valence-electron chi connectivity index (χ1n) is 11.1. The molecule has 1 saturated heterocycles. The summed E-state index contributed by atoms with van der Waals surface area (Å²) < 4.78 is 1.93. The smallest absolute Gasteiger partial charge is 0.231 e. The fourth-order valence-corrected chi connectivity index (χ4v) is 5.22. The number of halogens is 1. The third-order valence-electron chi connectivity index (χ3n) is 5.70. The molecule has 174 valence electrons. The van der Waals surface area contributed by atoms with Gasteiger partial charge < -0.3 is 4.90 Å². The molecule has 0 unspecified atom stereocenters. The van der Waals surface area contributed by atoms with Crippen LogP contribution in [0, 0.1) is 19.8 Å². The van der Waals surface area contributed by atoms with Gasteiger partial charge in [-0.3, -0.25) is 14.7 Å². The second-order valence-electron chi connectivity index (χ2n) is 8.13. The Bertz CT molecular complexity index is 1110. The Hall–Kier alpha value is -2.65. The molecular formula is C23H28ClN7OS. The number of nitrogens with zero attached hydrogens (tertiary/aromatic N) is 6. The zero-order chi connectivity index (χ0) is 23.4. The minimum Gasteiger partial charge on any atom is -0.341 e. The zero-order valence-corrected chi connectivity index (χ0v) is 20.7. The van der Waals surface area contributed by atoms with Gasteiger partial charge in [-0.1, -0.05) is 41.6 Å². The molecule has 0 atom stereocenters. The van der Waals surface area contributed by atoms with Crippen LogP contribution in [0.25, 0.3) is 0 Å². The number of anilines is 2. The number of carbonyl (C=O) groups excluding carboxylic acids is 1. The van der Waals surface area contributed by atoms with Crippen LogP contribution in [0.4, 0.5) is 11.9 Å². The van der Waals surface area contributed by atoms with Gasteiger partial charge in [0, 0.05) is 47.7 Å². The van der Waals surface area contributed by atoms with E-state index in [1.54, 1.807) is 11.8 Å². The molecule has 0 spiro atoms. The number of piperidine rings is 1. The second-order valence-corrected chi connectivity index (χ2v) is 9.48. The molecular weight excluding hydrogens is 458 g/mol. The van der Waals surface area contributed by atoms with Gasteiger partial charge in [-0.15, -0.1) is 10.2 Å². The maximum atomic E-state index is 13.0. The van der Waals surface area contributed by atoms with Crippen molar-refractivity contribution < 1.29 is 4.79 Å². The highest BCUT2D eigenvalue weighted by molar-refractivity contribution is 7.98. The molecule has 1 fully saturated rings. The predicted molar refractivity (Wildman–Crippen MR) is 132 cm³/mol. The summed E-state index contributed by atoms with van der Waals surface area (Å²) in [4.78, 5) is 24.2. The van der Waals surface area contributed by atoms with Gasteiger partial charge in [-0.05, 0) is 51.3 Å². The Kier molecular flexibility index (Phi) is 7.49. The van der Waals surface area contributed by atoms with Gasteiger partial charge in [0.05, 0.1) is 0 Å². The van der Waals surface area contributed by atoms with E-state index >= 15 is 0 Å². The van der Waals surface area contributed by atoms with E-state index < -0.39 is 0 Å². The maximum Gasteiger partial charge on any atom is 0.231 e. The second kappa shape index (κ2) is 10.5. The molecule has 0 bridgehead atoms. The highest BCUT2D eigenvalue weighted by Gasteiger charge is 2.27. The lowest BCUT2D eigenvalue weighted by molar-refractivity contribution is -0.120. The largest absolute Gasteiger partial charge is 0.341 e. The standard InChI is InChI=1S/C23H28ClN7OS/c1-4-31-22(28-29-23(31)33-14-18-7-5-6-8-19(18)24)27-20(32)17-9-11-30(12-10-17)21-25-15(2)13-16(3)26-21/h5-8,13,17H,4,9-12,14H2,1-3H3,(H,27,28,32). The molecule has 1 aliphatic heterocycles. The molecule has 0 aliphatic carbocycles. The number of hydrogen-bond donors (Lipinski definition) is 1. The van der Waals surface area contributed by atoms with Crippen LogP contribution in [0.5, 0.6) is 0 Å². The normalized spacial score (nSPS) is 14.5. The Balaban J connectivity index is 1.35. The predicted octanol–water partition coefficient (Wildman–Crippen LogP) is 4.51. The van der Waals surface area contributed by atoms with Crippen molar-refractivity contribution in [2.24, 2.45) is 5.92 Å². The summed E-state index contributed by atoms with van der Waals surface area (Å²) in [7, 11) is 0. The number of carbonyl (C=O) groups is 1. The molecule has 1 aromatic carbocycles. The number of benzene rings is 1. The van der Waals surface area contributed by atoms with Crippen LogP contribution in [0.15, 0.2) is 35.5 Å². The summed E-state index contributed by atoms with van der Waals surface area (Å²) in [6.07, 6.45) is 1.49. The maximum absolute atomic E-state index is 13.0. The van der Waals surface area contributed by atoms with Crippen molar-refractivity contribution in [2.45, 2.75) is 51.1 Å². The molecule has 33 heavy (non-hydrogen) atoms. The van der Waals surface area contributed by atoms with Gasteiger partial charge in [-0.25, -0.2) is 9.97 Å². The van der Waals surface area contributed by atoms with Crippen molar-refractivity contribution in [3.05, 3.63) is 52.3 Å². The van der Waals surface area contributed by atoms with Crippen LogP contribution in [0.1, 0.15) is 36.7 Å². The van der Waals surface area contributed by atoms with E-state index in [1.165, 1.54) is 0 Å². The fourth-order valence-electron chi connectivity index (χ4n) is 3.93. The molecule has 3 aromatic rings. The van der Waals surface area contributed by atoms with E-state index in [0.717, 1.165) is 59.0 Å². The minimum atomic E-state index is -0.0756. The quantitative estimate of drug-likeness (QED) is 0.492. The lowest BCUT2D eigenvalue weighted by Crippen LogP contribution is -2.39. The number of amides is 1. The molecule has 4 rings (SSSR count). The van der Waals surface area contributed by atoms with E-state index in [4.69, 9.17) is 11.6 Å². The van der Waals surface area contributed by atoms with Crippen LogP contribution >= 0.6 is 23.4 Å². The number of rotatable bonds is 7. The molecule has 8 nitrogen and oxygen atoms in total. The average Bonchev–Trinajstić information content (AvgIpc) is 3.19. The number of thioether (sulfide) groups is 1. The highest BCUT2D eigenvalue weighted by Crippen LogP contribution is 2.28. The molecule has 3 heterocycles. The lowest BCUT2D eigenvalue weighted by Gasteiger charge is -2.31. The fraction of sp³-hybridized carbons (Fsp3) is 0.435. The molecule has 1 aliphatic rings. The third-order valence-corrected chi connectivity index (χ3v) is 7.09. The number of aromatic nitrogens is 5. The van der Waals surface area contributed by atoms with Gasteiger partial charge >= 0.3 is 0 Å². The summed E-state index contributed by atoms with van der Waals surface area (Å²) in [5.41, 5.74) is 2.96. The number of hydrogen-bond acceptors (Lipinski definition) is 7. The van der Waals surface area contributed by atoms with Crippen LogP contribution < -0.4 is 10.2 Å². The topological polar surface area (TPSA) is 88.8 Å². The van der Waals surface area contributed by atoms with Gasteiger partial charge in [0.2, 0.25) is 17.8 Å². The van der Waals surface area contributed by atoms with E-state index in [2.05, 4.69) is 30.4 Å². The van der Waals surface area contributed by atoms with Crippen molar-refractivity contribution in [1.82, 2.24) is 24.7 Å². The van der Waals surface area contributed by atoms with Crippen LogP contribution in [-0.2, 0) is 17.1 Å². The average molecular weight is 486 g/mol. The molecule has 0 saturated carbocycles. The third kappa shape index (κ3) is 5.65. The summed E-state index contributed by atoms with van der Waals surface area (Å²) in [6.45, 7) is 8.13.